The van der Waals surface area contributed by atoms with Crippen LogP contribution in [0.5, 0.6) is 0 Å². The molecular weight excluding hydrogens is 726 g/mol. The number of aryl methyl sites for hydroxylation is 1. The number of hydrogen-bond acceptors (Lipinski definition) is 14. The van der Waals surface area contributed by atoms with Crippen molar-refractivity contribution in [3.63, 3.8) is 0 Å². The number of hydrogen-bond donors (Lipinski definition) is 2. The lowest BCUT2D eigenvalue weighted by atomic mass is 10.0. The quantitative estimate of drug-likeness (QED) is 0.0509. The Bertz CT molecular complexity index is 1920. The smallest absolute Gasteiger partial charge is 0.356 e. The van der Waals surface area contributed by atoms with Gasteiger partial charge in [0.25, 0.3) is 11.8 Å². The van der Waals surface area contributed by atoms with E-state index in [0.717, 1.165) is 22.5 Å². The molecule has 3 amide bonds. The number of esters is 1. The normalized spacial score (nSPS) is 17.2. The van der Waals surface area contributed by atoms with Gasteiger partial charge in [0.2, 0.25) is 11.1 Å². The molecule has 0 bridgehead atoms. The number of thiazole rings is 1. The van der Waals surface area contributed by atoms with Crippen LogP contribution in [0, 0.1) is 0 Å². The number of nitrogens with one attached hydrogen (secondary N) is 2. The number of rotatable bonds is 13. The van der Waals surface area contributed by atoms with Crippen molar-refractivity contribution in [2.24, 2.45) is 12.2 Å². The van der Waals surface area contributed by atoms with Gasteiger partial charge >= 0.3 is 5.97 Å². The first-order valence-electron chi connectivity index (χ1n) is 14.9. The average molecular weight is 754 g/mol. The van der Waals surface area contributed by atoms with Crippen LogP contribution in [0.25, 0.3) is 0 Å². The standard InChI is InChI=1S/C31H28ClN9O6S3/c1-40-31(36-38-39-40)50-15-19-14-48-28-23(35-26(43)22(37-46-2)20-16-49-30(33-20)34-21(42)13-32)27(44)41(28)24(19)29(45)47-25(17-9-5-3-6-10-17)18-11-7-4-8-12-18/h3-12,16,23,25,28H,13-15H2,1-2H3,(H,35,43)(H,33,34,42)/b37-22+/t23-,28-/m1/s1. The van der Waals surface area contributed by atoms with Crippen LogP contribution in [0.1, 0.15) is 22.9 Å². The summed E-state index contributed by atoms with van der Waals surface area (Å²) in [6.07, 6.45) is -0.751. The van der Waals surface area contributed by atoms with Crippen LogP contribution >= 0.6 is 46.5 Å². The van der Waals surface area contributed by atoms with Crippen LogP contribution in [0.3, 0.4) is 0 Å². The van der Waals surface area contributed by atoms with E-state index < -0.39 is 41.2 Å². The Hall–Kier alpha value is -4.78. The first kappa shape index (κ1) is 35.1. The second-order valence-electron chi connectivity index (χ2n) is 10.6. The Labute approximate surface area is 302 Å². The number of amides is 3. The summed E-state index contributed by atoms with van der Waals surface area (Å²) in [5.74, 6) is -2.00. The second kappa shape index (κ2) is 15.8. The first-order chi connectivity index (χ1) is 24.3. The zero-order chi connectivity index (χ0) is 35.2. The summed E-state index contributed by atoms with van der Waals surface area (Å²) in [6.45, 7) is 0. The number of benzene rings is 2. The minimum absolute atomic E-state index is 0.105. The van der Waals surface area contributed by atoms with Gasteiger partial charge in [0.1, 0.15) is 35.8 Å². The Morgan fingerprint density at radius 1 is 1.12 bits per heavy atom. The van der Waals surface area contributed by atoms with Gasteiger partial charge in [-0.2, -0.15) is 0 Å². The van der Waals surface area contributed by atoms with Gasteiger partial charge in [-0.1, -0.05) is 77.6 Å². The fraction of sp³-hybridized carbons (Fsp3) is 0.258. The molecule has 2 aliphatic rings. The van der Waals surface area contributed by atoms with Crippen molar-refractivity contribution >= 4 is 81.0 Å². The maximum Gasteiger partial charge on any atom is 0.356 e. The van der Waals surface area contributed by atoms with Gasteiger partial charge in [-0.05, 0) is 27.1 Å². The minimum Gasteiger partial charge on any atom is -0.448 e. The van der Waals surface area contributed by atoms with E-state index in [0.29, 0.717) is 22.2 Å². The molecule has 2 N–H and O–H groups in total. The largest absolute Gasteiger partial charge is 0.448 e. The summed E-state index contributed by atoms with van der Waals surface area (Å²) < 4.78 is 7.73. The van der Waals surface area contributed by atoms with Crippen molar-refractivity contribution in [1.82, 2.24) is 35.4 Å². The van der Waals surface area contributed by atoms with Crippen LogP contribution in [0.15, 0.2) is 87.6 Å². The molecule has 1 fully saturated rings. The Balaban J connectivity index is 1.26. The van der Waals surface area contributed by atoms with E-state index in [4.69, 9.17) is 21.2 Å². The molecule has 0 saturated carbocycles. The Morgan fingerprint density at radius 3 is 2.44 bits per heavy atom. The van der Waals surface area contributed by atoms with Gasteiger partial charge in [0.05, 0.1) is 0 Å². The molecule has 0 spiro atoms. The molecule has 0 aliphatic carbocycles. The van der Waals surface area contributed by atoms with Gasteiger partial charge in [-0.15, -0.1) is 39.8 Å². The number of thioether (sulfide) groups is 2. The molecule has 1 saturated heterocycles. The van der Waals surface area contributed by atoms with E-state index in [1.807, 2.05) is 60.7 Å². The van der Waals surface area contributed by atoms with Crippen molar-refractivity contribution in [3.05, 3.63) is 94.1 Å². The molecule has 4 heterocycles. The highest BCUT2D eigenvalue weighted by atomic mass is 35.5. The number of tetrazole rings is 1. The topological polar surface area (TPSA) is 183 Å². The molecule has 2 aromatic carbocycles. The zero-order valence-corrected chi connectivity index (χ0v) is 29.6. The lowest BCUT2D eigenvalue weighted by Gasteiger charge is -2.49. The lowest BCUT2D eigenvalue weighted by molar-refractivity contribution is -0.154. The highest BCUT2D eigenvalue weighted by Gasteiger charge is 2.55. The number of fused-ring (bicyclic) bond motifs is 1. The van der Waals surface area contributed by atoms with E-state index in [1.54, 1.807) is 7.05 Å². The Morgan fingerprint density at radius 2 is 1.82 bits per heavy atom. The van der Waals surface area contributed by atoms with E-state index in [9.17, 15) is 19.2 Å². The number of alkyl halides is 1. The number of oxime groups is 1. The Kier molecular flexibility index (Phi) is 11.1. The number of aromatic nitrogens is 5. The molecule has 2 aliphatic heterocycles. The third-order valence-electron chi connectivity index (χ3n) is 7.43. The maximum atomic E-state index is 14.2. The molecule has 19 heteroatoms. The summed E-state index contributed by atoms with van der Waals surface area (Å²) in [6, 6.07) is 17.7. The molecule has 15 nitrogen and oxygen atoms in total. The third-order valence-corrected chi connectivity index (χ3v) is 10.9. The number of anilines is 1. The van der Waals surface area contributed by atoms with E-state index in [2.05, 4.69) is 36.3 Å². The second-order valence-corrected chi connectivity index (χ2v) is 13.8. The third kappa shape index (κ3) is 7.52. The lowest BCUT2D eigenvalue weighted by Crippen LogP contribution is -2.71. The summed E-state index contributed by atoms with van der Waals surface area (Å²) in [4.78, 5) is 63.7. The SMILES string of the molecule is CO/N=C(/C(=O)N[C@@H]1C(=O)N2C(C(=O)OC(c3ccccc3)c3ccccc3)=C(CSc3nnnn3C)CS[C@H]12)c1csc(NC(=O)CCl)n1. The maximum absolute atomic E-state index is 14.2. The highest BCUT2D eigenvalue weighted by Crippen LogP contribution is 2.42. The summed E-state index contributed by atoms with van der Waals surface area (Å²) >= 11 is 9.34. The summed E-state index contributed by atoms with van der Waals surface area (Å²) in [7, 11) is 2.97. The van der Waals surface area contributed by atoms with E-state index in [1.165, 1.54) is 45.6 Å². The van der Waals surface area contributed by atoms with Gasteiger partial charge in [0, 0.05) is 23.9 Å². The zero-order valence-electron chi connectivity index (χ0n) is 26.4. The number of β-lactam (4-membered cyclic amide) rings is 1. The van der Waals surface area contributed by atoms with Crippen LogP contribution < -0.4 is 10.6 Å². The van der Waals surface area contributed by atoms with Crippen molar-refractivity contribution in [1.29, 1.82) is 0 Å². The molecule has 6 rings (SSSR count). The number of ether oxygens (including phenoxy) is 1. The van der Waals surface area contributed by atoms with Gasteiger partial charge in [0.15, 0.2) is 16.9 Å². The molecule has 4 aromatic rings. The highest BCUT2D eigenvalue weighted by molar-refractivity contribution is 8.01. The molecule has 0 unspecified atom stereocenters. The van der Waals surface area contributed by atoms with Gasteiger partial charge in [-0.25, -0.2) is 14.5 Å². The molecular formula is C31H28ClN9O6S3. The van der Waals surface area contributed by atoms with Crippen molar-refractivity contribution in [2.75, 3.05) is 29.8 Å². The number of carbonyl (C=O) groups excluding carboxylic acids is 4. The molecule has 258 valence electrons. The summed E-state index contributed by atoms with van der Waals surface area (Å²) in [5.41, 5.74) is 2.18. The van der Waals surface area contributed by atoms with Crippen molar-refractivity contribution in [2.45, 2.75) is 22.7 Å². The average Bonchev–Trinajstić information content (AvgIpc) is 3.78. The van der Waals surface area contributed by atoms with Crippen LogP contribution in [-0.2, 0) is 35.8 Å². The predicted octanol–water partition coefficient (Wildman–Crippen LogP) is 2.97. The monoisotopic (exact) mass is 753 g/mol. The van der Waals surface area contributed by atoms with Crippen molar-refractivity contribution in [3.8, 4) is 0 Å². The fourth-order valence-corrected chi connectivity index (χ4v) is 8.24. The molecule has 0 radical (unpaired) electrons. The van der Waals surface area contributed by atoms with Crippen LogP contribution in [0.4, 0.5) is 5.13 Å². The first-order valence-corrected chi connectivity index (χ1v) is 18.3. The molecule has 2 atom stereocenters. The van der Waals surface area contributed by atoms with Crippen LogP contribution in [-0.4, -0.2) is 95.4 Å². The fourth-order valence-electron chi connectivity index (χ4n) is 5.12. The minimum atomic E-state index is -0.998. The van der Waals surface area contributed by atoms with Gasteiger partial charge < -0.3 is 20.2 Å². The van der Waals surface area contributed by atoms with Gasteiger partial charge in [-0.3, -0.25) is 19.3 Å². The molecule has 50 heavy (non-hydrogen) atoms. The number of halogens is 1. The van der Waals surface area contributed by atoms with E-state index in [-0.39, 0.29) is 28.1 Å². The molecule has 2 aromatic heterocycles. The van der Waals surface area contributed by atoms with E-state index >= 15 is 0 Å². The van der Waals surface area contributed by atoms with Crippen molar-refractivity contribution < 1.29 is 28.8 Å². The van der Waals surface area contributed by atoms with Crippen LogP contribution in [0.2, 0.25) is 0 Å². The number of carbonyl (C=O) groups is 4. The number of nitrogens with zero attached hydrogens (tertiary/aromatic N) is 7. The summed E-state index contributed by atoms with van der Waals surface area (Å²) in [5, 5.41) is 22.2. The predicted molar refractivity (Wildman–Crippen MR) is 187 cm³/mol.